The summed E-state index contributed by atoms with van der Waals surface area (Å²) < 4.78 is 11.1. The van der Waals surface area contributed by atoms with Crippen molar-refractivity contribution in [1.82, 2.24) is 5.32 Å². The molecule has 2 heterocycles. The lowest BCUT2D eigenvalue weighted by Gasteiger charge is -2.30. The molecule has 0 bridgehead atoms. The summed E-state index contributed by atoms with van der Waals surface area (Å²) in [7, 11) is 1.44. The molecule has 0 aliphatic carbocycles. The number of benzene rings is 2. The quantitative estimate of drug-likeness (QED) is 0.191. The maximum Gasteiger partial charge on any atom is 0.270 e. The zero-order valence-corrected chi connectivity index (χ0v) is 19.3. The number of nitro benzene ring substituents is 1. The average molecular weight is 477 g/mol. The number of non-ortho nitro benzene ring substituents is 1. The molecule has 1 fully saturated rings. The Balaban J connectivity index is 1.73. The van der Waals surface area contributed by atoms with Crippen LogP contribution in [0.1, 0.15) is 16.9 Å². The summed E-state index contributed by atoms with van der Waals surface area (Å²) in [6.07, 6.45) is 1.31. The molecule has 1 N–H and O–H groups in total. The van der Waals surface area contributed by atoms with Gasteiger partial charge in [0.15, 0.2) is 5.11 Å². The normalized spacial score (nSPS) is 15.0. The fourth-order valence-corrected chi connectivity index (χ4v) is 3.83. The maximum absolute atomic E-state index is 13.3. The Morgan fingerprint density at radius 3 is 2.59 bits per heavy atom. The molecular formula is C24H19N3O6S. The van der Waals surface area contributed by atoms with Gasteiger partial charge in [0.25, 0.3) is 17.5 Å². The number of thiocarbonyl (C=S) groups is 1. The van der Waals surface area contributed by atoms with Crippen LogP contribution in [-0.2, 0) is 9.59 Å². The Bertz CT molecular complexity index is 1390. The molecule has 0 radical (unpaired) electrons. The van der Waals surface area contributed by atoms with Crippen molar-refractivity contribution >= 4 is 46.6 Å². The number of aryl methyl sites for hydroxylation is 2. The third kappa shape index (κ3) is 4.18. The molecular weight excluding hydrogens is 458 g/mol. The van der Waals surface area contributed by atoms with E-state index in [0.717, 1.165) is 11.1 Å². The number of furan rings is 1. The Morgan fingerprint density at radius 2 is 1.88 bits per heavy atom. The highest BCUT2D eigenvalue weighted by Gasteiger charge is 2.35. The van der Waals surface area contributed by atoms with Crippen LogP contribution in [0.5, 0.6) is 5.75 Å². The van der Waals surface area contributed by atoms with Crippen LogP contribution in [0.25, 0.3) is 17.4 Å². The first kappa shape index (κ1) is 22.9. The largest absolute Gasteiger partial charge is 0.496 e. The Kier molecular flexibility index (Phi) is 5.99. The first-order chi connectivity index (χ1) is 16.2. The summed E-state index contributed by atoms with van der Waals surface area (Å²) in [5.74, 6) is -0.387. The van der Waals surface area contributed by atoms with Gasteiger partial charge in [-0.1, -0.05) is 12.1 Å². The number of nitrogens with zero attached hydrogens (tertiary/aromatic N) is 2. The first-order valence-corrected chi connectivity index (χ1v) is 10.5. The van der Waals surface area contributed by atoms with Crippen LogP contribution in [0.4, 0.5) is 11.4 Å². The molecule has 1 aromatic heterocycles. The van der Waals surface area contributed by atoms with Crippen LogP contribution in [-0.4, -0.2) is 29.0 Å². The zero-order valence-electron chi connectivity index (χ0n) is 18.4. The van der Waals surface area contributed by atoms with Gasteiger partial charge in [0, 0.05) is 12.1 Å². The van der Waals surface area contributed by atoms with Crippen molar-refractivity contribution in [3.05, 3.63) is 81.1 Å². The topological polar surface area (TPSA) is 115 Å². The van der Waals surface area contributed by atoms with E-state index in [1.54, 1.807) is 12.1 Å². The van der Waals surface area contributed by atoms with Crippen molar-refractivity contribution in [2.75, 3.05) is 12.0 Å². The molecule has 9 nitrogen and oxygen atoms in total. The molecule has 1 saturated heterocycles. The molecule has 10 heteroatoms. The molecule has 172 valence electrons. The van der Waals surface area contributed by atoms with E-state index < -0.39 is 16.7 Å². The lowest BCUT2D eigenvalue weighted by molar-refractivity contribution is -0.384. The average Bonchev–Trinajstić information content (AvgIpc) is 3.27. The van der Waals surface area contributed by atoms with Gasteiger partial charge in [0.05, 0.1) is 23.3 Å². The van der Waals surface area contributed by atoms with E-state index in [2.05, 4.69) is 5.32 Å². The standard InChI is InChI=1S/C24H19N3O6S/c1-13-4-5-14(2)19(10-13)26-23(29)18(22(28)25-24(26)34)12-16-7-9-21(33-16)17-11-15(27(30)31)6-8-20(17)32-3/h4-12H,1-3H3,(H,25,28,34)/b18-12+. The highest BCUT2D eigenvalue weighted by Crippen LogP contribution is 2.35. The Labute approximate surface area is 199 Å². The van der Waals surface area contributed by atoms with E-state index in [1.165, 1.54) is 36.3 Å². The highest BCUT2D eigenvalue weighted by molar-refractivity contribution is 7.80. The second-order valence-electron chi connectivity index (χ2n) is 7.59. The van der Waals surface area contributed by atoms with E-state index in [4.69, 9.17) is 21.4 Å². The molecule has 1 aliphatic rings. The number of hydrogen-bond donors (Lipinski definition) is 1. The van der Waals surface area contributed by atoms with Crippen molar-refractivity contribution in [2.24, 2.45) is 0 Å². The summed E-state index contributed by atoms with van der Waals surface area (Å²) in [4.78, 5) is 37.8. The van der Waals surface area contributed by atoms with Gasteiger partial charge in [-0.05, 0) is 67.5 Å². The van der Waals surface area contributed by atoms with Gasteiger partial charge in [-0.25, -0.2) is 0 Å². The molecule has 3 aromatic rings. The van der Waals surface area contributed by atoms with Crippen LogP contribution in [0.2, 0.25) is 0 Å². The van der Waals surface area contributed by atoms with Gasteiger partial charge in [-0.2, -0.15) is 0 Å². The monoisotopic (exact) mass is 477 g/mol. The minimum Gasteiger partial charge on any atom is -0.496 e. The molecule has 2 amide bonds. The predicted octanol–water partition coefficient (Wildman–Crippen LogP) is 4.31. The fraction of sp³-hybridized carbons (Fsp3) is 0.125. The van der Waals surface area contributed by atoms with Crippen molar-refractivity contribution in [3.8, 4) is 17.1 Å². The van der Waals surface area contributed by atoms with Crippen molar-refractivity contribution in [2.45, 2.75) is 13.8 Å². The number of rotatable bonds is 5. The van der Waals surface area contributed by atoms with E-state index in [-0.39, 0.29) is 27.9 Å². The zero-order chi connectivity index (χ0) is 24.6. The van der Waals surface area contributed by atoms with Gasteiger partial charge >= 0.3 is 0 Å². The second kappa shape index (κ2) is 8.91. The predicted molar refractivity (Wildman–Crippen MR) is 129 cm³/mol. The van der Waals surface area contributed by atoms with Gasteiger partial charge in [-0.15, -0.1) is 0 Å². The maximum atomic E-state index is 13.3. The number of nitrogens with one attached hydrogen (secondary N) is 1. The smallest absolute Gasteiger partial charge is 0.270 e. The number of nitro groups is 1. The minimum atomic E-state index is -0.651. The molecule has 0 saturated carbocycles. The minimum absolute atomic E-state index is 0.0117. The number of carbonyl (C=O) groups excluding carboxylic acids is 2. The van der Waals surface area contributed by atoms with Crippen LogP contribution < -0.4 is 15.0 Å². The molecule has 4 rings (SSSR count). The van der Waals surface area contributed by atoms with Crippen molar-refractivity contribution in [1.29, 1.82) is 0 Å². The van der Waals surface area contributed by atoms with Gasteiger partial charge in [0.1, 0.15) is 22.8 Å². The number of methoxy groups -OCH3 is 1. The lowest BCUT2D eigenvalue weighted by atomic mass is 10.1. The SMILES string of the molecule is COc1ccc([N+](=O)[O-])cc1-c1ccc(/C=C2\C(=O)NC(=S)N(c3cc(C)ccc3C)C2=O)o1. The third-order valence-electron chi connectivity index (χ3n) is 5.28. The third-order valence-corrected chi connectivity index (χ3v) is 5.56. The lowest BCUT2D eigenvalue weighted by Crippen LogP contribution is -2.54. The van der Waals surface area contributed by atoms with E-state index >= 15 is 0 Å². The summed E-state index contributed by atoms with van der Waals surface area (Å²) >= 11 is 5.27. The van der Waals surface area contributed by atoms with E-state index in [0.29, 0.717) is 17.0 Å². The van der Waals surface area contributed by atoms with Crippen LogP contribution in [0, 0.1) is 24.0 Å². The number of amides is 2. The van der Waals surface area contributed by atoms with E-state index in [1.807, 2.05) is 32.0 Å². The Morgan fingerprint density at radius 1 is 1.12 bits per heavy atom. The number of hydrogen-bond acceptors (Lipinski definition) is 7. The number of anilines is 1. The molecule has 2 aromatic carbocycles. The van der Waals surface area contributed by atoms with E-state index in [9.17, 15) is 19.7 Å². The molecule has 34 heavy (non-hydrogen) atoms. The van der Waals surface area contributed by atoms with Crippen LogP contribution in [0.15, 0.2) is 58.5 Å². The number of ether oxygens (including phenoxy) is 1. The first-order valence-electron chi connectivity index (χ1n) is 10.1. The number of carbonyl (C=O) groups is 2. The van der Waals surface area contributed by atoms with Gasteiger partial charge in [0.2, 0.25) is 0 Å². The summed E-state index contributed by atoms with van der Waals surface area (Å²) in [6, 6.07) is 12.8. The fourth-order valence-electron chi connectivity index (χ4n) is 3.56. The molecule has 0 spiro atoms. The van der Waals surface area contributed by atoms with Crippen molar-refractivity contribution < 1.29 is 23.7 Å². The van der Waals surface area contributed by atoms with Gasteiger partial charge < -0.3 is 9.15 Å². The Hall–Kier alpha value is -4.31. The molecule has 0 unspecified atom stereocenters. The second-order valence-corrected chi connectivity index (χ2v) is 7.98. The van der Waals surface area contributed by atoms with Gasteiger partial charge in [-0.3, -0.25) is 29.9 Å². The molecule has 0 atom stereocenters. The summed E-state index contributed by atoms with van der Waals surface area (Å²) in [6.45, 7) is 3.73. The highest BCUT2D eigenvalue weighted by atomic mass is 32.1. The van der Waals surface area contributed by atoms with Crippen LogP contribution in [0.3, 0.4) is 0 Å². The summed E-state index contributed by atoms with van der Waals surface area (Å²) in [5, 5.41) is 13.7. The summed E-state index contributed by atoms with van der Waals surface area (Å²) in [5.41, 5.74) is 2.38. The van der Waals surface area contributed by atoms with Crippen molar-refractivity contribution in [3.63, 3.8) is 0 Å². The van der Waals surface area contributed by atoms with Crippen LogP contribution >= 0.6 is 12.2 Å². The molecule has 1 aliphatic heterocycles.